The Morgan fingerprint density at radius 3 is 2.38 bits per heavy atom. The van der Waals surface area contributed by atoms with Gasteiger partial charge in [0.2, 0.25) is 5.91 Å². The van der Waals surface area contributed by atoms with E-state index in [1.54, 1.807) is 0 Å². The largest absolute Gasteiger partial charge is 0.496 e. The van der Waals surface area contributed by atoms with Crippen LogP contribution < -0.4 is 4.74 Å². The summed E-state index contributed by atoms with van der Waals surface area (Å²) in [7, 11) is -2.94. The summed E-state index contributed by atoms with van der Waals surface area (Å²) in [5, 5.41) is 0. The monoisotopic (exact) mass is 423 g/mol. The summed E-state index contributed by atoms with van der Waals surface area (Å²) < 4.78 is 58.4. The van der Waals surface area contributed by atoms with Crippen LogP contribution in [0.5, 0.6) is 5.75 Å². The number of halogens is 2. The summed E-state index contributed by atoms with van der Waals surface area (Å²) in [5.41, 5.74) is 0.402. The maximum atomic E-state index is 13.7. The van der Waals surface area contributed by atoms with Crippen molar-refractivity contribution in [3.63, 3.8) is 0 Å². The second-order valence-corrected chi connectivity index (χ2v) is 8.60. The fourth-order valence-corrected chi connectivity index (χ4v) is 4.71. The van der Waals surface area contributed by atoms with E-state index in [2.05, 4.69) is 0 Å². The summed E-state index contributed by atoms with van der Waals surface area (Å²) in [6, 6.07) is 7.86. The van der Waals surface area contributed by atoms with Crippen LogP contribution in [0.2, 0.25) is 0 Å². The number of nitrogens with zero attached hydrogens (tertiary/aromatic N) is 1. The number of rotatable bonds is 5. The van der Waals surface area contributed by atoms with Gasteiger partial charge < -0.3 is 4.74 Å². The van der Waals surface area contributed by atoms with Gasteiger partial charge in [0, 0.05) is 12.3 Å². The van der Waals surface area contributed by atoms with Gasteiger partial charge in [-0.2, -0.15) is 0 Å². The predicted molar refractivity (Wildman–Crippen MR) is 99.7 cm³/mol. The highest BCUT2D eigenvalue weighted by Gasteiger charge is 2.38. The van der Waals surface area contributed by atoms with E-state index >= 15 is 0 Å². The first-order valence-corrected chi connectivity index (χ1v) is 10.3. The maximum Gasteiger partial charge on any atom is 0.266 e. The number of ketones is 1. The normalized spacial score (nSPS) is 17.9. The lowest BCUT2D eigenvalue weighted by atomic mass is 9.93. The molecule has 154 valence electrons. The summed E-state index contributed by atoms with van der Waals surface area (Å²) in [4.78, 5) is 24.9. The zero-order valence-corrected chi connectivity index (χ0v) is 16.4. The Hall–Kier alpha value is -2.81. The van der Waals surface area contributed by atoms with Crippen molar-refractivity contribution in [1.29, 1.82) is 0 Å². The molecule has 0 saturated carbocycles. The molecular weight excluding hydrogens is 404 g/mol. The number of hydrogen-bond acceptors (Lipinski definition) is 5. The highest BCUT2D eigenvalue weighted by atomic mass is 32.2. The van der Waals surface area contributed by atoms with E-state index in [-0.39, 0.29) is 24.2 Å². The van der Waals surface area contributed by atoms with Crippen molar-refractivity contribution < 1.29 is 31.5 Å². The molecule has 0 aliphatic carbocycles. The van der Waals surface area contributed by atoms with Crippen LogP contribution in [0.25, 0.3) is 0 Å². The third kappa shape index (κ3) is 4.45. The molecular formula is C20H19F2NO5S. The van der Waals surface area contributed by atoms with Gasteiger partial charge in [-0.15, -0.1) is 0 Å². The first-order chi connectivity index (χ1) is 13.7. The number of ether oxygens (including phenoxy) is 1. The predicted octanol–water partition coefficient (Wildman–Crippen LogP) is 2.71. The number of sulfonamides is 1. The topological polar surface area (TPSA) is 80.8 Å². The average Bonchev–Trinajstić information content (AvgIpc) is 2.82. The second-order valence-electron chi connectivity index (χ2n) is 6.74. The van der Waals surface area contributed by atoms with Crippen molar-refractivity contribution in [1.82, 2.24) is 4.31 Å². The van der Waals surface area contributed by atoms with E-state index in [9.17, 15) is 26.8 Å². The van der Waals surface area contributed by atoms with Gasteiger partial charge in [-0.3, -0.25) is 9.59 Å². The molecule has 2 aromatic rings. The van der Waals surface area contributed by atoms with Crippen LogP contribution in [-0.2, 0) is 26.0 Å². The zero-order chi connectivity index (χ0) is 21.2. The van der Waals surface area contributed by atoms with Gasteiger partial charge in [0.05, 0.1) is 18.6 Å². The zero-order valence-electron chi connectivity index (χ0n) is 15.6. The van der Waals surface area contributed by atoms with Gasteiger partial charge in [-0.1, -0.05) is 0 Å². The maximum absolute atomic E-state index is 13.7. The van der Waals surface area contributed by atoms with Crippen molar-refractivity contribution in [2.75, 3.05) is 13.7 Å². The molecule has 9 heteroatoms. The van der Waals surface area contributed by atoms with Gasteiger partial charge >= 0.3 is 0 Å². The number of carbonyl (C=O) groups is 2. The fraction of sp³-hybridized carbons (Fsp3) is 0.300. The van der Waals surface area contributed by atoms with Crippen LogP contribution in [0.15, 0.2) is 47.4 Å². The van der Waals surface area contributed by atoms with E-state index in [1.807, 2.05) is 0 Å². The number of amides is 1. The molecule has 1 saturated heterocycles. The molecule has 1 aliphatic heterocycles. The van der Waals surface area contributed by atoms with Crippen molar-refractivity contribution >= 4 is 21.7 Å². The Labute approximate surface area is 167 Å². The van der Waals surface area contributed by atoms with Gasteiger partial charge in [0.1, 0.15) is 17.4 Å². The highest BCUT2D eigenvalue weighted by Crippen LogP contribution is 2.29. The number of carbonyl (C=O) groups excluding carboxylic acids is 2. The van der Waals surface area contributed by atoms with E-state index in [1.165, 1.54) is 25.3 Å². The van der Waals surface area contributed by atoms with Crippen LogP contribution in [0.4, 0.5) is 8.78 Å². The lowest BCUT2D eigenvalue weighted by Gasteiger charge is -2.24. The molecule has 1 unspecified atom stereocenters. The van der Waals surface area contributed by atoms with Gasteiger partial charge in [0.15, 0.2) is 5.78 Å². The minimum Gasteiger partial charge on any atom is -0.496 e. The molecule has 0 radical (unpaired) electrons. The van der Waals surface area contributed by atoms with Gasteiger partial charge in [0.25, 0.3) is 10.0 Å². The number of hydrogen-bond donors (Lipinski definition) is 0. The fourth-order valence-electron chi connectivity index (χ4n) is 3.28. The molecule has 1 atom stereocenters. The summed E-state index contributed by atoms with van der Waals surface area (Å²) >= 11 is 0. The van der Waals surface area contributed by atoms with Crippen LogP contribution in [-0.4, -0.2) is 38.1 Å². The Bertz CT molecular complexity index is 1040. The molecule has 3 rings (SSSR count). The first kappa shape index (κ1) is 20.9. The Morgan fingerprint density at radius 2 is 1.72 bits per heavy atom. The molecule has 0 N–H and O–H groups in total. The Balaban J connectivity index is 1.95. The lowest BCUT2D eigenvalue weighted by molar-refractivity contribution is -0.131. The smallest absolute Gasteiger partial charge is 0.266 e. The molecule has 1 heterocycles. The van der Waals surface area contributed by atoms with E-state index in [4.69, 9.17) is 4.74 Å². The summed E-state index contributed by atoms with van der Waals surface area (Å²) in [6.07, 6.45) is 0.165. The standard InChI is InChI=1S/C20H19F2NO5S/c1-28-19-9-5-16(22)11-14(19)10-13-2-6-17(24)12-23(20(13)25)29(26,27)18-7-3-15(21)4-8-18/h3-5,7-9,11,13H,2,6,10,12H2,1H3. The first-order valence-electron chi connectivity index (χ1n) is 8.88. The minimum atomic E-state index is -4.34. The molecule has 0 bridgehead atoms. The molecule has 0 spiro atoms. The van der Waals surface area contributed by atoms with Crippen LogP contribution >= 0.6 is 0 Å². The van der Waals surface area contributed by atoms with Crippen molar-refractivity contribution in [2.45, 2.75) is 24.2 Å². The summed E-state index contributed by atoms with van der Waals surface area (Å²) in [6.45, 7) is -0.588. The highest BCUT2D eigenvalue weighted by molar-refractivity contribution is 7.89. The number of benzene rings is 2. The third-order valence-electron chi connectivity index (χ3n) is 4.80. The molecule has 1 fully saturated rings. The van der Waals surface area contributed by atoms with Gasteiger partial charge in [-0.05, 0) is 60.9 Å². The number of methoxy groups -OCH3 is 1. The number of Topliss-reactive ketones (excluding diaryl/α,β-unsaturated/α-hetero) is 1. The van der Waals surface area contributed by atoms with E-state index in [0.29, 0.717) is 15.6 Å². The van der Waals surface area contributed by atoms with Crippen molar-refractivity contribution in [3.8, 4) is 5.75 Å². The molecule has 6 nitrogen and oxygen atoms in total. The molecule has 1 aliphatic rings. The van der Waals surface area contributed by atoms with Crippen molar-refractivity contribution in [2.24, 2.45) is 5.92 Å². The molecule has 0 aromatic heterocycles. The Kier molecular flexibility index (Phi) is 5.97. The van der Waals surface area contributed by atoms with Crippen molar-refractivity contribution in [3.05, 3.63) is 59.7 Å². The Morgan fingerprint density at radius 1 is 1.07 bits per heavy atom. The third-order valence-corrected chi connectivity index (χ3v) is 6.55. The lowest BCUT2D eigenvalue weighted by Crippen LogP contribution is -2.42. The van der Waals surface area contributed by atoms with Crippen LogP contribution in [0.3, 0.4) is 0 Å². The second kappa shape index (κ2) is 8.28. The van der Waals surface area contributed by atoms with E-state index in [0.717, 1.165) is 24.3 Å². The van der Waals surface area contributed by atoms with E-state index < -0.39 is 45.8 Å². The molecule has 29 heavy (non-hydrogen) atoms. The quantitative estimate of drug-likeness (QED) is 0.739. The van der Waals surface area contributed by atoms with Crippen LogP contribution in [0, 0.1) is 17.6 Å². The molecule has 2 aromatic carbocycles. The van der Waals surface area contributed by atoms with Crippen LogP contribution in [0.1, 0.15) is 18.4 Å². The SMILES string of the molecule is COc1ccc(F)cc1CC1CCC(=O)CN(S(=O)(=O)c2ccc(F)cc2)C1=O. The summed E-state index contributed by atoms with van der Waals surface area (Å²) in [5.74, 6) is -2.80. The molecule has 1 amide bonds. The van der Waals surface area contributed by atoms with Gasteiger partial charge in [-0.25, -0.2) is 21.5 Å². The minimum absolute atomic E-state index is 0.0164. The average molecular weight is 423 g/mol.